The summed E-state index contributed by atoms with van der Waals surface area (Å²) < 4.78 is 5.56. The smallest absolute Gasteiger partial charge is 0.254 e. The zero-order valence-electron chi connectivity index (χ0n) is 14.0. The fourth-order valence-electron chi connectivity index (χ4n) is 3.09. The molecule has 0 N–H and O–H groups in total. The van der Waals surface area contributed by atoms with E-state index in [-0.39, 0.29) is 36.4 Å². The van der Waals surface area contributed by atoms with Gasteiger partial charge in [0.25, 0.3) is 5.91 Å². The Morgan fingerprint density at radius 1 is 1.12 bits per heavy atom. The Kier molecular flexibility index (Phi) is 4.66. The lowest BCUT2D eigenvalue weighted by molar-refractivity contribution is -0.139. The van der Waals surface area contributed by atoms with Crippen molar-refractivity contribution in [3.63, 3.8) is 0 Å². The molecule has 0 spiro atoms. The van der Waals surface area contributed by atoms with Crippen molar-refractivity contribution in [2.75, 3.05) is 13.2 Å². The molecule has 0 aliphatic carbocycles. The molecule has 2 fully saturated rings. The van der Waals surface area contributed by atoms with Crippen molar-refractivity contribution >= 4 is 17.7 Å². The van der Waals surface area contributed by atoms with E-state index in [1.165, 1.54) is 4.90 Å². The number of amides is 3. The normalized spacial score (nSPS) is 24.6. The second-order valence-corrected chi connectivity index (χ2v) is 6.52. The number of ether oxygens (including phenoxy) is 1. The van der Waals surface area contributed by atoms with E-state index in [1.807, 2.05) is 18.7 Å². The predicted octanol–water partition coefficient (Wildman–Crippen LogP) is 1.59. The summed E-state index contributed by atoms with van der Waals surface area (Å²) in [5.74, 6) is -0.273. The lowest BCUT2D eigenvalue weighted by Crippen LogP contribution is -2.50. The summed E-state index contributed by atoms with van der Waals surface area (Å²) in [4.78, 5) is 39.1. The number of carbonyl (C=O) groups is 3. The summed E-state index contributed by atoms with van der Waals surface area (Å²) in [5.41, 5.74) is 1.46. The highest BCUT2D eigenvalue weighted by molar-refractivity contribution is 6.01. The molecule has 24 heavy (non-hydrogen) atoms. The van der Waals surface area contributed by atoms with Crippen molar-refractivity contribution in [3.8, 4) is 0 Å². The molecule has 128 valence electrons. The van der Waals surface area contributed by atoms with Gasteiger partial charge >= 0.3 is 0 Å². The van der Waals surface area contributed by atoms with Gasteiger partial charge in [-0.05, 0) is 31.5 Å². The Hall–Kier alpha value is -2.21. The molecular weight excluding hydrogens is 308 g/mol. The molecule has 3 amide bonds. The molecule has 2 aliphatic rings. The summed E-state index contributed by atoms with van der Waals surface area (Å²) in [5, 5.41) is 0. The van der Waals surface area contributed by atoms with Gasteiger partial charge in [-0.2, -0.15) is 0 Å². The van der Waals surface area contributed by atoms with Gasteiger partial charge in [-0.15, -0.1) is 0 Å². The molecule has 0 bridgehead atoms. The zero-order valence-corrected chi connectivity index (χ0v) is 14.0. The van der Waals surface area contributed by atoms with Gasteiger partial charge in [0.2, 0.25) is 11.8 Å². The maximum atomic E-state index is 12.7. The number of hydrogen-bond acceptors (Lipinski definition) is 4. The molecule has 2 saturated heterocycles. The Morgan fingerprint density at radius 3 is 2.38 bits per heavy atom. The summed E-state index contributed by atoms with van der Waals surface area (Å²) in [6, 6.07) is 7.18. The lowest BCUT2D eigenvalue weighted by Gasteiger charge is -2.36. The zero-order chi connectivity index (χ0) is 17.3. The maximum absolute atomic E-state index is 12.7. The van der Waals surface area contributed by atoms with Gasteiger partial charge in [-0.3, -0.25) is 19.3 Å². The second-order valence-electron chi connectivity index (χ2n) is 6.52. The third-order valence-corrected chi connectivity index (χ3v) is 4.57. The third-order valence-electron chi connectivity index (χ3n) is 4.57. The highest BCUT2D eigenvalue weighted by Gasteiger charge is 2.30. The van der Waals surface area contributed by atoms with E-state index >= 15 is 0 Å². The summed E-state index contributed by atoms with van der Waals surface area (Å²) in [6.07, 6.45) is 0.627. The number of likely N-dealkylation sites (tertiary alicyclic amines) is 1. The van der Waals surface area contributed by atoms with Crippen LogP contribution in [-0.2, 0) is 20.9 Å². The Balaban J connectivity index is 1.68. The van der Waals surface area contributed by atoms with Crippen LogP contribution in [0.4, 0.5) is 0 Å². The van der Waals surface area contributed by atoms with Crippen molar-refractivity contribution in [1.29, 1.82) is 0 Å². The summed E-state index contributed by atoms with van der Waals surface area (Å²) >= 11 is 0. The minimum Gasteiger partial charge on any atom is -0.375 e. The fraction of sp³-hybridized carbons (Fsp3) is 0.500. The Labute approximate surface area is 141 Å². The van der Waals surface area contributed by atoms with Crippen molar-refractivity contribution in [2.24, 2.45) is 0 Å². The molecule has 2 unspecified atom stereocenters. The summed E-state index contributed by atoms with van der Waals surface area (Å²) in [6.45, 7) is 5.34. The molecule has 0 aromatic heterocycles. The highest BCUT2D eigenvalue weighted by atomic mass is 16.5. The van der Waals surface area contributed by atoms with Crippen LogP contribution in [0, 0.1) is 0 Å². The molecule has 6 heteroatoms. The first-order chi connectivity index (χ1) is 11.5. The average Bonchev–Trinajstić information content (AvgIpc) is 2.89. The Morgan fingerprint density at radius 2 is 1.75 bits per heavy atom. The first kappa shape index (κ1) is 16.6. The molecule has 2 atom stereocenters. The molecule has 2 heterocycles. The molecule has 0 radical (unpaired) electrons. The average molecular weight is 330 g/mol. The molecule has 1 aromatic carbocycles. The van der Waals surface area contributed by atoms with Gasteiger partial charge in [0, 0.05) is 24.9 Å². The fourth-order valence-corrected chi connectivity index (χ4v) is 3.09. The van der Waals surface area contributed by atoms with Gasteiger partial charge in [0.05, 0.1) is 25.3 Å². The maximum Gasteiger partial charge on any atom is 0.254 e. The number of morpholine rings is 1. The minimum atomic E-state index is -0.128. The standard InChI is InChI=1S/C18H22N2O4/c1-12-11-24-13(2)9-19(12)18(23)15-5-3-14(4-6-15)10-20-16(21)7-8-17(20)22/h3-6,12-13H,7-11H2,1-2H3. The predicted molar refractivity (Wildman–Crippen MR) is 87.1 cm³/mol. The number of benzene rings is 1. The van der Waals surface area contributed by atoms with E-state index in [0.717, 1.165) is 5.56 Å². The lowest BCUT2D eigenvalue weighted by atomic mass is 10.1. The van der Waals surface area contributed by atoms with Crippen LogP contribution in [0.2, 0.25) is 0 Å². The van der Waals surface area contributed by atoms with Gasteiger partial charge in [-0.1, -0.05) is 12.1 Å². The first-order valence-corrected chi connectivity index (χ1v) is 8.30. The number of hydrogen-bond donors (Lipinski definition) is 0. The number of rotatable bonds is 3. The van der Waals surface area contributed by atoms with E-state index < -0.39 is 0 Å². The summed E-state index contributed by atoms with van der Waals surface area (Å²) in [7, 11) is 0. The van der Waals surface area contributed by atoms with Crippen LogP contribution in [0.15, 0.2) is 24.3 Å². The molecule has 3 rings (SSSR count). The van der Waals surface area contributed by atoms with Crippen molar-refractivity contribution in [2.45, 2.75) is 45.4 Å². The van der Waals surface area contributed by atoms with Crippen molar-refractivity contribution in [3.05, 3.63) is 35.4 Å². The largest absolute Gasteiger partial charge is 0.375 e. The van der Waals surface area contributed by atoms with Crippen LogP contribution in [0.25, 0.3) is 0 Å². The van der Waals surface area contributed by atoms with Crippen LogP contribution < -0.4 is 0 Å². The molecule has 0 saturated carbocycles. The van der Waals surface area contributed by atoms with Crippen LogP contribution in [0.5, 0.6) is 0 Å². The molecule has 1 aromatic rings. The van der Waals surface area contributed by atoms with Crippen LogP contribution in [0.3, 0.4) is 0 Å². The van der Waals surface area contributed by atoms with Crippen molar-refractivity contribution in [1.82, 2.24) is 9.80 Å². The van der Waals surface area contributed by atoms with Gasteiger partial charge in [-0.25, -0.2) is 0 Å². The minimum absolute atomic E-state index is 0.0162. The quantitative estimate of drug-likeness (QED) is 0.789. The molecule has 6 nitrogen and oxygen atoms in total. The molecule has 2 aliphatic heterocycles. The molecular formula is C18H22N2O4. The van der Waals surface area contributed by atoms with E-state index in [0.29, 0.717) is 31.6 Å². The van der Waals surface area contributed by atoms with Crippen LogP contribution in [-0.4, -0.2) is 52.8 Å². The van der Waals surface area contributed by atoms with E-state index in [2.05, 4.69) is 0 Å². The second kappa shape index (κ2) is 6.73. The van der Waals surface area contributed by atoms with E-state index in [9.17, 15) is 14.4 Å². The Bertz CT molecular complexity index is 639. The number of nitrogens with zero attached hydrogens (tertiary/aromatic N) is 2. The first-order valence-electron chi connectivity index (χ1n) is 8.30. The topological polar surface area (TPSA) is 66.9 Å². The van der Waals surface area contributed by atoms with E-state index in [1.54, 1.807) is 24.3 Å². The van der Waals surface area contributed by atoms with Crippen LogP contribution in [0.1, 0.15) is 42.6 Å². The van der Waals surface area contributed by atoms with Crippen LogP contribution >= 0.6 is 0 Å². The van der Waals surface area contributed by atoms with Gasteiger partial charge in [0.1, 0.15) is 0 Å². The SMILES string of the molecule is CC1CN(C(=O)c2ccc(CN3C(=O)CCC3=O)cc2)C(C)CO1. The highest BCUT2D eigenvalue weighted by Crippen LogP contribution is 2.18. The van der Waals surface area contributed by atoms with Gasteiger partial charge in [0.15, 0.2) is 0 Å². The van der Waals surface area contributed by atoms with Gasteiger partial charge < -0.3 is 9.64 Å². The number of imide groups is 1. The van der Waals surface area contributed by atoms with E-state index in [4.69, 9.17) is 4.74 Å². The third kappa shape index (κ3) is 3.33. The van der Waals surface area contributed by atoms with Crippen molar-refractivity contribution < 1.29 is 19.1 Å². The number of carbonyl (C=O) groups excluding carboxylic acids is 3. The monoisotopic (exact) mass is 330 g/mol.